The molecule has 0 saturated heterocycles. The molecule has 0 radical (unpaired) electrons. The summed E-state index contributed by atoms with van der Waals surface area (Å²) in [6.45, 7) is 5.18. The summed E-state index contributed by atoms with van der Waals surface area (Å²) in [6, 6.07) is 0. The van der Waals surface area contributed by atoms with Crippen LogP contribution >= 0.6 is 11.5 Å². The fourth-order valence-electron chi connectivity index (χ4n) is 0.507. The molecule has 0 aromatic carbocycles. The van der Waals surface area contributed by atoms with E-state index in [2.05, 4.69) is 13.8 Å². The fourth-order valence-corrected chi connectivity index (χ4v) is 0.943. The van der Waals surface area contributed by atoms with Crippen molar-refractivity contribution in [2.75, 3.05) is 0 Å². The Morgan fingerprint density at radius 2 is 1.86 bits per heavy atom. The van der Waals surface area contributed by atoms with Crippen LogP contribution in [0.3, 0.4) is 0 Å². The van der Waals surface area contributed by atoms with Crippen LogP contribution in [0.2, 0.25) is 5.82 Å². The summed E-state index contributed by atoms with van der Waals surface area (Å²) in [6.07, 6.45) is 2.44. The predicted molar refractivity (Wildman–Crippen MR) is 37.3 cm³/mol. The van der Waals surface area contributed by atoms with E-state index in [0.29, 0.717) is 0 Å². The zero-order valence-electron chi connectivity index (χ0n) is 5.08. The second-order valence-electron chi connectivity index (χ2n) is 1.84. The Kier molecular flexibility index (Phi) is 4.74. The van der Waals surface area contributed by atoms with Gasteiger partial charge in [-0.3, -0.25) is 0 Å². The van der Waals surface area contributed by atoms with Crippen LogP contribution in [0.4, 0.5) is 0 Å². The number of hydrogen-bond acceptors (Lipinski definition) is 0. The van der Waals surface area contributed by atoms with Crippen LogP contribution in [-0.4, -0.2) is 6.69 Å². The maximum absolute atomic E-state index is 5.57. The molecule has 7 heavy (non-hydrogen) atoms. The van der Waals surface area contributed by atoms with E-state index in [0.717, 1.165) is 12.5 Å². The molecule has 42 valence electrons. The highest BCUT2D eigenvalue weighted by molar-refractivity contribution is 6.94. The molecule has 0 rings (SSSR count). The molecule has 0 bridgehead atoms. The molecule has 0 nitrogen and oxygen atoms in total. The quantitative estimate of drug-likeness (QED) is 0.498. The first-order chi connectivity index (χ1) is 3.35. The topological polar surface area (TPSA) is 0 Å². The molecule has 0 spiro atoms. The van der Waals surface area contributed by atoms with Crippen molar-refractivity contribution in [1.29, 1.82) is 0 Å². The van der Waals surface area contributed by atoms with E-state index in [-0.39, 0.29) is 0 Å². The molecular formula is C5H12BCl. The van der Waals surface area contributed by atoms with Gasteiger partial charge in [0.05, 0.1) is 0 Å². The molecule has 0 unspecified atom stereocenters. The van der Waals surface area contributed by atoms with Crippen molar-refractivity contribution < 1.29 is 0 Å². The van der Waals surface area contributed by atoms with Crippen molar-refractivity contribution in [2.24, 2.45) is 0 Å². The van der Waals surface area contributed by atoms with E-state index in [9.17, 15) is 0 Å². The van der Waals surface area contributed by atoms with Gasteiger partial charge in [-0.25, -0.2) is 11.5 Å². The standard InChI is InChI=1S/C5H12BCl/c1-3-5(4-2)6-7/h5-6H,3-4H2,1-2H3. The predicted octanol–water partition coefficient (Wildman–Crippen LogP) is 2.19. The summed E-state index contributed by atoms with van der Waals surface area (Å²) in [5.41, 5.74) is 0. The van der Waals surface area contributed by atoms with Crippen LogP contribution < -0.4 is 0 Å². The first-order valence-corrected chi connectivity index (χ1v) is 3.44. The Hall–Kier alpha value is 0.355. The lowest BCUT2D eigenvalue weighted by Gasteiger charge is -2.02. The lowest BCUT2D eigenvalue weighted by molar-refractivity contribution is 0.766. The third kappa shape index (κ3) is 2.98. The van der Waals surface area contributed by atoms with Crippen molar-refractivity contribution in [3.8, 4) is 0 Å². The van der Waals surface area contributed by atoms with Gasteiger partial charge in [0.15, 0.2) is 0 Å². The zero-order chi connectivity index (χ0) is 5.70. The molecule has 0 saturated carbocycles. The van der Waals surface area contributed by atoms with Crippen molar-refractivity contribution in [3.05, 3.63) is 0 Å². The molecule has 0 aliphatic carbocycles. The number of hydrogen-bond donors (Lipinski definition) is 0. The third-order valence-electron chi connectivity index (χ3n) is 1.37. The normalized spacial score (nSPS) is 9.71. The van der Waals surface area contributed by atoms with Gasteiger partial charge < -0.3 is 0 Å². The van der Waals surface area contributed by atoms with E-state index in [1.54, 1.807) is 0 Å². The van der Waals surface area contributed by atoms with Crippen molar-refractivity contribution in [3.63, 3.8) is 0 Å². The summed E-state index contributed by atoms with van der Waals surface area (Å²) in [5.74, 6) is 0.752. The molecule has 0 aliphatic heterocycles. The van der Waals surface area contributed by atoms with Gasteiger partial charge in [-0.2, -0.15) is 0 Å². The van der Waals surface area contributed by atoms with E-state index in [1.165, 1.54) is 12.8 Å². The minimum absolute atomic E-state index is 0.752. The molecule has 2 heteroatoms. The van der Waals surface area contributed by atoms with E-state index in [4.69, 9.17) is 11.5 Å². The van der Waals surface area contributed by atoms with Gasteiger partial charge in [0.1, 0.15) is 0 Å². The highest BCUT2D eigenvalue weighted by Crippen LogP contribution is 2.13. The maximum Gasteiger partial charge on any atom is 0.236 e. The molecule has 0 N–H and O–H groups in total. The van der Waals surface area contributed by atoms with Crippen LogP contribution in [0.25, 0.3) is 0 Å². The maximum atomic E-state index is 5.57. The summed E-state index contributed by atoms with van der Waals surface area (Å²) in [4.78, 5) is 0. The molecular weight excluding hydrogens is 106 g/mol. The van der Waals surface area contributed by atoms with E-state index in [1.807, 2.05) is 0 Å². The average molecular weight is 118 g/mol. The van der Waals surface area contributed by atoms with E-state index < -0.39 is 0 Å². The van der Waals surface area contributed by atoms with Crippen LogP contribution in [-0.2, 0) is 0 Å². The highest BCUT2D eigenvalue weighted by atomic mass is 35.5. The lowest BCUT2D eigenvalue weighted by atomic mass is 9.82. The average Bonchev–Trinajstić information content (AvgIpc) is 1.72. The zero-order valence-corrected chi connectivity index (χ0v) is 5.83. The van der Waals surface area contributed by atoms with E-state index >= 15 is 0 Å². The Morgan fingerprint density at radius 3 is 1.86 bits per heavy atom. The SMILES string of the molecule is CCC(BCl)CC. The van der Waals surface area contributed by atoms with Gasteiger partial charge in [0, 0.05) is 0 Å². The molecule has 0 aromatic rings. The summed E-state index contributed by atoms with van der Waals surface area (Å²) >= 11 is 5.57. The number of halogens is 1. The molecule has 0 aromatic heterocycles. The monoisotopic (exact) mass is 118 g/mol. The second kappa shape index (κ2) is 4.51. The highest BCUT2D eigenvalue weighted by Gasteiger charge is 2.00. The van der Waals surface area contributed by atoms with Gasteiger partial charge in [-0.1, -0.05) is 32.5 Å². The molecule has 0 amide bonds. The molecule has 0 atom stereocenters. The minimum atomic E-state index is 0.752. The fraction of sp³-hybridized carbons (Fsp3) is 1.00. The van der Waals surface area contributed by atoms with Crippen LogP contribution in [0.15, 0.2) is 0 Å². The van der Waals surface area contributed by atoms with Gasteiger partial charge in [-0.05, 0) is 0 Å². The van der Waals surface area contributed by atoms with Crippen molar-refractivity contribution in [1.82, 2.24) is 0 Å². The molecule has 0 heterocycles. The smallest absolute Gasteiger partial charge is 0.201 e. The first-order valence-electron chi connectivity index (χ1n) is 2.91. The lowest BCUT2D eigenvalue weighted by Crippen LogP contribution is -1.92. The Morgan fingerprint density at radius 1 is 1.43 bits per heavy atom. The van der Waals surface area contributed by atoms with Gasteiger partial charge in [0.2, 0.25) is 6.69 Å². The van der Waals surface area contributed by atoms with Crippen LogP contribution in [0.5, 0.6) is 0 Å². The van der Waals surface area contributed by atoms with Crippen molar-refractivity contribution in [2.45, 2.75) is 32.5 Å². The summed E-state index contributed by atoms with van der Waals surface area (Å²) < 4.78 is 0. The molecule has 0 aliphatic rings. The van der Waals surface area contributed by atoms with Crippen LogP contribution in [0, 0.1) is 0 Å². The van der Waals surface area contributed by atoms with Gasteiger partial charge >= 0.3 is 0 Å². The summed E-state index contributed by atoms with van der Waals surface area (Å²) in [7, 11) is 0. The summed E-state index contributed by atoms with van der Waals surface area (Å²) in [5, 5.41) is 0. The Balaban J connectivity index is 2.99. The van der Waals surface area contributed by atoms with Crippen molar-refractivity contribution >= 4 is 18.2 Å². The largest absolute Gasteiger partial charge is 0.236 e. The Labute approximate surface area is 51.4 Å². The number of rotatable bonds is 3. The Bertz CT molecular complexity index is 29.6. The molecule has 0 fully saturated rings. The third-order valence-corrected chi connectivity index (χ3v) is 1.81. The van der Waals surface area contributed by atoms with Gasteiger partial charge in [0.25, 0.3) is 0 Å². The van der Waals surface area contributed by atoms with Gasteiger partial charge in [-0.15, -0.1) is 0 Å². The van der Waals surface area contributed by atoms with Crippen LogP contribution in [0.1, 0.15) is 26.7 Å². The first kappa shape index (κ1) is 7.35. The minimum Gasteiger partial charge on any atom is -0.201 e. The second-order valence-corrected chi connectivity index (χ2v) is 2.15.